The Hall–Kier alpha value is 0.0900. The summed E-state index contributed by atoms with van der Waals surface area (Å²) in [7, 11) is 0. The van der Waals surface area contributed by atoms with E-state index >= 15 is 0 Å². The van der Waals surface area contributed by atoms with Gasteiger partial charge in [0.25, 0.3) is 5.91 Å². The van der Waals surface area contributed by atoms with Crippen LogP contribution in [0.2, 0.25) is 0 Å². The Balaban J connectivity index is 2.15. The maximum absolute atomic E-state index is 12.2. The molecule has 0 spiro atoms. The summed E-state index contributed by atoms with van der Waals surface area (Å²) in [5, 5.41) is 8.96. The molecule has 1 aliphatic carbocycles. The molecule has 1 fully saturated rings. The maximum Gasteiger partial charge on any atom is 0.264 e. The zero-order valence-corrected chi connectivity index (χ0v) is 12.4. The Kier molecular flexibility index (Phi) is 4.05. The van der Waals surface area contributed by atoms with Gasteiger partial charge in [0.15, 0.2) is 0 Å². The van der Waals surface area contributed by atoms with Crippen molar-refractivity contribution in [1.82, 2.24) is 4.90 Å². The van der Waals surface area contributed by atoms with Crippen molar-refractivity contribution in [2.45, 2.75) is 18.9 Å². The van der Waals surface area contributed by atoms with Crippen molar-refractivity contribution in [2.75, 3.05) is 13.2 Å². The van der Waals surface area contributed by atoms with Gasteiger partial charge in [0.1, 0.15) is 0 Å². The first kappa shape index (κ1) is 12.5. The quantitative estimate of drug-likeness (QED) is 0.887. The van der Waals surface area contributed by atoms with Crippen LogP contribution >= 0.6 is 43.2 Å². The minimum atomic E-state index is 0.0213. The number of carbonyl (C=O) groups excluding carboxylic acids is 1. The first-order valence-electron chi connectivity index (χ1n) is 5.00. The van der Waals surface area contributed by atoms with E-state index in [2.05, 4.69) is 31.9 Å². The maximum atomic E-state index is 12.2. The van der Waals surface area contributed by atoms with Gasteiger partial charge in [-0.2, -0.15) is 0 Å². The van der Waals surface area contributed by atoms with E-state index in [0.29, 0.717) is 17.5 Å². The molecule has 1 saturated carbocycles. The predicted octanol–water partition coefficient (Wildman–Crippen LogP) is 2.87. The second-order valence-corrected chi connectivity index (χ2v) is 6.91. The number of rotatable bonds is 4. The largest absolute Gasteiger partial charge is 0.395 e. The number of hydrogen-bond acceptors (Lipinski definition) is 3. The Morgan fingerprint density at radius 2 is 2.25 bits per heavy atom. The van der Waals surface area contributed by atoms with E-state index < -0.39 is 0 Å². The molecule has 1 N–H and O–H groups in total. The molecule has 1 aromatic heterocycles. The monoisotopic (exact) mass is 367 g/mol. The summed E-state index contributed by atoms with van der Waals surface area (Å²) in [6.07, 6.45) is 2.11. The van der Waals surface area contributed by atoms with Gasteiger partial charge in [-0.05, 0) is 50.8 Å². The Bertz CT molecular complexity index is 384. The Morgan fingerprint density at radius 1 is 1.56 bits per heavy atom. The highest BCUT2D eigenvalue weighted by Crippen LogP contribution is 2.35. The first-order valence-corrected chi connectivity index (χ1v) is 7.40. The van der Waals surface area contributed by atoms with E-state index in [-0.39, 0.29) is 12.5 Å². The molecule has 0 aliphatic heterocycles. The third kappa shape index (κ3) is 2.67. The van der Waals surface area contributed by atoms with E-state index in [0.717, 1.165) is 21.1 Å². The minimum Gasteiger partial charge on any atom is -0.395 e. The molecule has 3 nitrogen and oxygen atoms in total. The Morgan fingerprint density at radius 3 is 2.69 bits per heavy atom. The molecular weight excluding hydrogens is 358 g/mol. The van der Waals surface area contributed by atoms with Gasteiger partial charge in [0.2, 0.25) is 0 Å². The normalized spacial score (nSPS) is 15.2. The number of aliphatic hydroxyl groups excluding tert-OH is 1. The van der Waals surface area contributed by atoms with Gasteiger partial charge in [-0.3, -0.25) is 4.79 Å². The van der Waals surface area contributed by atoms with Crippen molar-refractivity contribution in [3.8, 4) is 0 Å². The highest BCUT2D eigenvalue weighted by Gasteiger charge is 2.33. The van der Waals surface area contributed by atoms with Crippen LogP contribution in [-0.2, 0) is 0 Å². The Labute approximate surface area is 115 Å². The first-order chi connectivity index (χ1) is 7.63. The van der Waals surface area contributed by atoms with Gasteiger partial charge in [0.05, 0.1) is 15.3 Å². The van der Waals surface area contributed by atoms with Crippen LogP contribution in [0.4, 0.5) is 0 Å². The summed E-state index contributed by atoms with van der Waals surface area (Å²) in [5.74, 6) is 0.0213. The summed E-state index contributed by atoms with van der Waals surface area (Å²) < 4.78 is 1.83. The van der Waals surface area contributed by atoms with Crippen molar-refractivity contribution < 1.29 is 9.90 Å². The van der Waals surface area contributed by atoms with Gasteiger partial charge in [-0.25, -0.2) is 0 Å². The van der Waals surface area contributed by atoms with E-state index in [1.54, 1.807) is 4.90 Å². The van der Waals surface area contributed by atoms with Gasteiger partial charge in [-0.1, -0.05) is 0 Å². The van der Waals surface area contributed by atoms with E-state index in [4.69, 9.17) is 5.11 Å². The van der Waals surface area contributed by atoms with Crippen LogP contribution in [0.1, 0.15) is 22.5 Å². The van der Waals surface area contributed by atoms with Crippen LogP contribution in [0.3, 0.4) is 0 Å². The molecule has 0 radical (unpaired) electrons. The summed E-state index contributed by atoms with van der Waals surface area (Å²) in [4.78, 5) is 14.6. The molecule has 16 heavy (non-hydrogen) atoms. The van der Waals surface area contributed by atoms with Crippen LogP contribution < -0.4 is 0 Å². The van der Waals surface area contributed by atoms with Crippen LogP contribution in [-0.4, -0.2) is 35.1 Å². The van der Waals surface area contributed by atoms with Crippen LogP contribution in [0.15, 0.2) is 14.3 Å². The van der Waals surface area contributed by atoms with E-state index in [9.17, 15) is 4.79 Å². The molecule has 0 atom stereocenters. The molecule has 1 aliphatic rings. The summed E-state index contributed by atoms with van der Waals surface area (Å²) in [5.41, 5.74) is 0. The SMILES string of the molecule is O=C(c1cc(Br)c(Br)s1)N(CCO)C1CC1. The average Bonchev–Trinajstić information content (AvgIpc) is 3.02. The predicted molar refractivity (Wildman–Crippen MR) is 70.9 cm³/mol. The highest BCUT2D eigenvalue weighted by molar-refractivity contribution is 9.13. The topological polar surface area (TPSA) is 40.5 Å². The summed E-state index contributed by atoms with van der Waals surface area (Å²) in [6, 6.07) is 2.16. The molecule has 0 unspecified atom stereocenters. The lowest BCUT2D eigenvalue weighted by Gasteiger charge is -2.20. The summed E-state index contributed by atoms with van der Waals surface area (Å²) >= 11 is 8.16. The van der Waals surface area contributed by atoms with Gasteiger partial charge in [0, 0.05) is 17.1 Å². The third-order valence-corrected chi connectivity index (χ3v) is 5.69. The standard InChI is InChI=1S/C10H11Br2NO2S/c11-7-5-8(16-9(7)12)10(15)13(3-4-14)6-1-2-6/h5-6,14H,1-4H2. The van der Waals surface area contributed by atoms with Gasteiger partial charge < -0.3 is 10.0 Å². The van der Waals surface area contributed by atoms with Crippen molar-refractivity contribution in [3.05, 3.63) is 19.2 Å². The fourth-order valence-corrected chi connectivity index (χ4v) is 3.53. The lowest BCUT2D eigenvalue weighted by atomic mass is 10.3. The highest BCUT2D eigenvalue weighted by atomic mass is 79.9. The number of aliphatic hydroxyl groups is 1. The van der Waals surface area contributed by atoms with Crippen LogP contribution in [0.25, 0.3) is 0 Å². The molecule has 0 aromatic carbocycles. The smallest absolute Gasteiger partial charge is 0.264 e. The number of amides is 1. The van der Waals surface area contributed by atoms with Gasteiger partial charge in [-0.15, -0.1) is 11.3 Å². The number of thiophene rings is 1. The second-order valence-electron chi connectivity index (χ2n) is 3.69. The number of nitrogens with zero attached hydrogens (tertiary/aromatic N) is 1. The molecule has 1 aromatic rings. The molecule has 0 bridgehead atoms. The molecule has 1 amide bonds. The van der Waals surface area contributed by atoms with Crippen molar-refractivity contribution >= 4 is 49.1 Å². The van der Waals surface area contributed by atoms with Crippen molar-refractivity contribution in [3.63, 3.8) is 0 Å². The van der Waals surface area contributed by atoms with E-state index in [1.165, 1.54) is 11.3 Å². The van der Waals surface area contributed by atoms with Crippen molar-refractivity contribution in [1.29, 1.82) is 0 Å². The van der Waals surface area contributed by atoms with Crippen molar-refractivity contribution in [2.24, 2.45) is 0 Å². The zero-order chi connectivity index (χ0) is 11.7. The zero-order valence-electron chi connectivity index (χ0n) is 8.45. The van der Waals surface area contributed by atoms with Gasteiger partial charge >= 0.3 is 0 Å². The molecular formula is C10H11Br2NO2S. The molecule has 1 heterocycles. The van der Waals surface area contributed by atoms with Crippen LogP contribution in [0.5, 0.6) is 0 Å². The molecule has 2 rings (SSSR count). The molecule has 88 valence electrons. The fraction of sp³-hybridized carbons (Fsp3) is 0.500. The molecule has 6 heteroatoms. The van der Waals surface area contributed by atoms with Crippen LogP contribution in [0, 0.1) is 0 Å². The number of carbonyl (C=O) groups is 1. The summed E-state index contributed by atoms with van der Waals surface area (Å²) in [6.45, 7) is 0.451. The second kappa shape index (κ2) is 5.16. The van der Waals surface area contributed by atoms with E-state index in [1.807, 2.05) is 6.07 Å². The third-order valence-electron chi connectivity index (χ3n) is 2.45. The lowest BCUT2D eigenvalue weighted by molar-refractivity contribution is 0.0712. The fourth-order valence-electron chi connectivity index (χ4n) is 1.54. The molecule has 0 saturated heterocycles. The average molecular weight is 369 g/mol. The number of halogens is 2. The minimum absolute atomic E-state index is 0.0213. The number of hydrogen-bond donors (Lipinski definition) is 1. The lowest BCUT2D eigenvalue weighted by Crippen LogP contribution is -2.35.